The van der Waals surface area contributed by atoms with Crippen molar-refractivity contribution in [2.24, 2.45) is 5.41 Å². The zero-order valence-corrected chi connectivity index (χ0v) is 17.8. The summed E-state index contributed by atoms with van der Waals surface area (Å²) >= 11 is 0. The minimum atomic E-state index is -3.56. The Balaban J connectivity index is 1.67. The van der Waals surface area contributed by atoms with Crippen LogP contribution in [0, 0.1) is 34.9 Å². The second kappa shape index (κ2) is 8.49. The molecule has 34 heavy (non-hydrogen) atoms. The summed E-state index contributed by atoms with van der Waals surface area (Å²) in [5.41, 5.74) is -2.01. The van der Waals surface area contributed by atoms with Crippen molar-refractivity contribution in [1.82, 2.24) is 14.7 Å². The number of anilines is 1. The Morgan fingerprint density at radius 1 is 1.41 bits per heavy atom. The molecule has 2 aromatic rings. The van der Waals surface area contributed by atoms with Crippen LogP contribution in [0.3, 0.4) is 0 Å². The average molecular weight is 473 g/mol. The molecule has 2 aliphatic rings. The van der Waals surface area contributed by atoms with Crippen LogP contribution in [0.25, 0.3) is 0 Å². The van der Waals surface area contributed by atoms with Crippen LogP contribution >= 0.6 is 0 Å². The Morgan fingerprint density at radius 3 is 2.82 bits per heavy atom. The second-order valence-corrected chi connectivity index (χ2v) is 8.49. The van der Waals surface area contributed by atoms with E-state index < -0.39 is 48.0 Å². The molecular formula is C23H19F4N5O2. The largest absolute Gasteiger partial charge is 0.323 e. The maximum Gasteiger partial charge on any atom is 0.323 e. The molecule has 1 aromatic heterocycles. The number of urea groups is 1. The average Bonchev–Trinajstić information content (AvgIpc) is 3.15. The lowest BCUT2D eigenvalue weighted by Gasteiger charge is -2.33. The summed E-state index contributed by atoms with van der Waals surface area (Å²) < 4.78 is 58.8. The molecule has 176 valence electrons. The molecule has 1 N–H and O–H groups in total. The van der Waals surface area contributed by atoms with Crippen molar-refractivity contribution >= 4 is 18.0 Å². The molecule has 2 atom stereocenters. The van der Waals surface area contributed by atoms with E-state index in [1.165, 1.54) is 11.0 Å². The zero-order chi connectivity index (χ0) is 24.7. The number of benzene rings is 1. The number of nitriles is 1. The normalized spacial score (nSPS) is 23.0. The minimum absolute atomic E-state index is 0.0180. The van der Waals surface area contributed by atoms with E-state index in [1.54, 1.807) is 6.07 Å². The van der Waals surface area contributed by atoms with Crippen molar-refractivity contribution in [2.75, 3.05) is 12.0 Å². The third-order valence-corrected chi connectivity index (χ3v) is 6.27. The molecule has 3 heterocycles. The molecule has 0 aliphatic carbocycles. The SMILES string of the molecule is C#C[C@@H]1Cc2nn3c(c2CN1C(=O)Nc1ccc(F)c(C#N)c1)C(F)(F)CC(C=O)(CF)CC3. The molecule has 0 bridgehead atoms. The molecule has 1 unspecified atom stereocenters. The van der Waals surface area contributed by atoms with Crippen LogP contribution in [0.2, 0.25) is 0 Å². The number of hydrogen-bond acceptors (Lipinski definition) is 4. The summed E-state index contributed by atoms with van der Waals surface area (Å²) in [7, 11) is 0. The Kier molecular flexibility index (Phi) is 5.82. The summed E-state index contributed by atoms with van der Waals surface area (Å²) in [6.07, 6.45) is 4.71. The molecule has 0 saturated carbocycles. The van der Waals surface area contributed by atoms with E-state index in [9.17, 15) is 18.4 Å². The number of nitrogens with one attached hydrogen (secondary N) is 1. The first-order valence-electron chi connectivity index (χ1n) is 10.4. The van der Waals surface area contributed by atoms with Gasteiger partial charge in [0.2, 0.25) is 0 Å². The van der Waals surface area contributed by atoms with Gasteiger partial charge in [0.25, 0.3) is 5.92 Å². The standard InChI is InChI=1S/C23H19F4N5O2/c1-2-16-8-19-17(10-31(16)21(34)29-15-3-4-18(25)14(7-15)9-28)20-23(26,27)11-22(12-24,13-33)5-6-32(20)30-19/h1,3-4,7,13,16H,5-6,8,10-12H2,(H,29,34)/t16-,22?/m1/s1. The number of aromatic nitrogens is 2. The van der Waals surface area contributed by atoms with Gasteiger partial charge in [-0.2, -0.15) is 19.1 Å². The van der Waals surface area contributed by atoms with Crippen molar-refractivity contribution in [3.8, 4) is 18.4 Å². The van der Waals surface area contributed by atoms with E-state index in [0.29, 0.717) is 5.69 Å². The van der Waals surface area contributed by atoms with Gasteiger partial charge < -0.3 is 15.0 Å². The van der Waals surface area contributed by atoms with E-state index >= 15 is 8.78 Å². The van der Waals surface area contributed by atoms with Crippen molar-refractivity contribution in [3.05, 3.63) is 46.5 Å². The highest BCUT2D eigenvalue weighted by Crippen LogP contribution is 2.47. The molecule has 2 amide bonds. The molecule has 7 nitrogen and oxygen atoms in total. The van der Waals surface area contributed by atoms with E-state index in [4.69, 9.17) is 11.7 Å². The maximum atomic E-state index is 15.3. The highest BCUT2D eigenvalue weighted by atomic mass is 19.3. The number of aldehydes is 1. The van der Waals surface area contributed by atoms with Crippen molar-refractivity contribution in [3.63, 3.8) is 0 Å². The summed E-state index contributed by atoms with van der Waals surface area (Å²) in [5.74, 6) is -1.86. The number of terminal acetylenes is 1. The smallest absolute Gasteiger partial charge is 0.308 e. The molecule has 0 saturated heterocycles. The predicted molar refractivity (Wildman–Crippen MR) is 112 cm³/mol. The fourth-order valence-corrected chi connectivity index (χ4v) is 4.46. The quantitative estimate of drug-likeness (QED) is 0.420. The summed E-state index contributed by atoms with van der Waals surface area (Å²) in [6, 6.07) is 3.55. The number of halogens is 4. The van der Waals surface area contributed by atoms with Crippen molar-refractivity contribution in [1.29, 1.82) is 5.26 Å². The van der Waals surface area contributed by atoms with Gasteiger partial charge in [0, 0.05) is 30.6 Å². The van der Waals surface area contributed by atoms with Crippen molar-refractivity contribution in [2.45, 2.75) is 44.3 Å². The van der Waals surface area contributed by atoms with Crippen LogP contribution in [0.15, 0.2) is 18.2 Å². The highest BCUT2D eigenvalue weighted by molar-refractivity contribution is 5.90. The number of aryl methyl sites for hydroxylation is 1. The van der Waals surface area contributed by atoms with Gasteiger partial charge in [-0.15, -0.1) is 6.42 Å². The summed E-state index contributed by atoms with van der Waals surface area (Å²) in [6.45, 7) is -1.59. The number of carbonyl (C=O) groups is 2. The number of hydrogen-bond donors (Lipinski definition) is 1. The Labute approximate surface area is 192 Å². The number of fused-ring (bicyclic) bond motifs is 3. The van der Waals surface area contributed by atoms with Gasteiger partial charge in [-0.25, -0.2) is 9.18 Å². The Hall–Kier alpha value is -3.86. The molecule has 0 spiro atoms. The van der Waals surface area contributed by atoms with Gasteiger partial charge in [-0.05, 0) is 24.6 Å². The Bertz CT molecular complexity index is 1250. The van der Waals surface area contributed by atoms with Gasteiger partial charge >= 0.3 is 6.03 Å². The molecule has 2 aliphatic heterocycles. The second-order valence-electron chi connectivity index (χ2n) is 8.49. The lowest BCUT2D eigenvalue weighted by molar-refractivity contribution is -0.125. The van der Waals surface area contributed by atoms with Crippen LogP contribution in [0.4, 0.5) is 28.0 Å². The fraction of sp³-hybridized carbons (Fsp3) is 0.391. The van der Waals surface area contributed by atoms with Crippen LogP contribution in [-0.2, 0) is 30.2 Å². The van der Waals surface area contributed by atoms with E-state index in [-0.39, 0.29) is 49.0 Å². The molecule has 0 fully saturated rings. The van der Waals surface area contributed by atoms with Gasteiger partial charge in [-0.1, -0.05) is 5.92 Å². The number of rotatable bonds is 3. The van der Waals surface area contributed by atoms with E-state index in [1.807, 2.05) is 0 Å². The maximum absolute atomic E-state index is 15.3. The van der Waals surface area contributed by atoms with Gasteiger partial charge in [0.05, 0.1) is 23.2 Å². The topological polar surface area (TPSA) is 91.0 Å². The summed E-state index contributed by atoms with van der Waals surface area (Å²) in [4.78, 5) is 25.6. The minimum Gasteiger partial charge on any atom is -0.308 e. The van der Waals surface area contributed by atoms with Crippen molar-refractivity contribution < 1.29 is 27.2 Å². The predicted octanol–water partition coefficient (Wildman–Crippen LogP) is 3.53. The van der Waals surface area contributed by atoms with Gasteiger partial charge in [-0.3, -0.25) is 9.07 Å². The number of nitrogens with zero attached hydrogens (tertiary/aromatic N) is 4. The highest BCUT2D eigenvalue weighted by Gasteiger charge is 2.51. The lowest BCUT2D eigenvalue weighted by Crippen LogP contribution is -2.46. The molecular weight excluding hydrogens is 454 g/mol. The zero-order valence-electron chi connectivity index (χ0n) is 17.8. The van der Waals surface area contributed by atoms with Gasteiger partial charge in [0.1, 0.15) is 36.6 Å². The number of alkyl halides is 3. The van der Waals surface area contributed by atoms with Crippen LogP contribution < -0.4 is 5.32 Å². The number of carbonyl (C=O) groups excluding carboxylic acids is 2. The van der Waals surface area contributed by atoms with E-state index in [2.05, 4.69) is 16.3 Å². The first kappa shape index (κ1) is 23.3. The number of amides is 2. The summed E-state index contributed by atoms with van der Waals surface area (Å²) in [5, 5.41) is 15.7. The monoisotopic (exact) mass is 473 g/mol. The lowest BCUT2D eigenvalue weighted by atomic mass is 9.81. The first-order valence-corrected chi connectivity index (χ1v) is 10.4. The van der Waals surface area contributed by atoms with Crippen LogP contribution in [0.1, 0.15) is 35.4 Å². The fourth-order valence-electron chi connectivity index (χ4n) is 4.46. The molecule has 11 heteroatoms. The third kappa shape index (κ3) is 3.87. The Morgan fingerprint density at radius 2 is 2.18 bits per heavy atom. The molecule has 1 aromatic carbocycles. The van der Waals surface area contributed by atoms with Crippen LogP contribution in [0.5, 0.6) is 0 Å². The molecule has 4 rings (SSSR count). The third-order valence-electron chi connectivity index (χ3n) is 6.27. The van der Waals surface area contributed by atoms with E-state index in [0.717, 1.165) is 16.8 Å². The first-order chi connectivity index (χ1) is 16.2. The molecule has 0 radical (unpaired) electrons. The van der Waals surface area contributed by atoms with Gasteiger partial charge in [0.15, 0.2) is 0 Å². The van der Waals surface area contributed by atoms with Crippen LogP contribution in [-0.4, -0.2) is 39.7 Å².